The molecule has 0 radical (unpaired) electrons. The normalized spacial score (nSPS) is 12.3. The van der Waals surface area contributed by atoms with Crippen LogP contribution in [0.4, 0.5) is 4.79 Å². The minimum atomic E-state index is -0.812. The first-order chi connectivity index (χ1) is 6.93. The van der Waals surface area contributed by atoms with E-state index in [1.165, 1.54) is 0 Å². The fourth-order valence-corrected chi connectivity index (χ4v) is 1.72. The molecule has 1 unspecified atom stereocenters. The van der Waals surface area contributed by atoms with Crippen LogP contribution in [-0.4, -0.2) is 6.09 Å². The van der Waals surface area contributed by atoms with E-state index in [0.717, 1.165) is 11.1 Å². The average Bonchev–Trinajstić information content (AvgIpc) is 2.13. The van der Waals surface area contributed by atoms with E-state index in [0.29, 0.717) is 10.0 Å². The lowest BCUT2D eigenvalue weighted by Gasteiger charge is -2.15. The highest BCUT2D eigenvalue weighted by Gasteiger charge is 2.14. The number of amides is 1. The second kappa shape index (κ2) is 4.73. The van der Waals surface area contributed by atoms with E-state index in [9.17, 15) is 4.79 Å². The molecule has 1 aromatic rings. The van der Waals surface area contributed by atoms with Gasteiger partial charge in [0.1, 0.15) is 6.10 Å². The minimum Gasteiger partial charge on any atom is -0.442 e. The molecule has 0 aromatic heterocycles. The van der Waals surface area contributed by atoms with Crippen LogP contribution in [-0.2, 0) is 4.74 Å². The molecule has 2 N–H and O–H groups in total. The largest absolute Gasteiger partial charge is 0.442 e. The molecule has 82 valence electrons. The standard InChI is InChI=1S/C10H11Cl2NO2/c1-5-7(6(2)15-10(13)14)3-4-8(11)9(5)12/h3-4,6H,1-2H3,(H2,13,14). The molecule has 0 aliphatic rings. The molecule has 1 rings (SSSR count). The van der Waals surface area contributed by atoms with Gasteiger partial charge < -0.3 is 10.5 Å². The number of ether oxygens (including phenoxy) is 1. The van der Waals surface area contributed by atoms with Crippen molar-refractivity contribution in [3.63, 3.8) is 0 Å². The van der Waals surface area contributed by atoms with E-state index in [1.807, 2.05) is 6.92 Å². The molecule has 5 heteroatoms. The summed E-state index contributed by atoms with van der Waals surface area (Å²) in [6.07, 6.45) is -1.25. The third kappa shape index (κ3) is 2.76. The van der Waals surface area contributed by atoms with E-state index < -0.39 is 12.2 Å². The summed E-state index contributed by atoms with van der Waals surface area (Å²) in [6, 6.07) is 3.42. The van der Waals surface area contributed by atoms with Gasteiger partial charge >= 0.3 is 6.09 Å². The van der Waals surface area contributed by atoms with Gasteiger partial charge in [-0.15, -0.1) is 0 Å². The van der Waals surface area contributed by atoms with Gasteiger partial charge in [0.05, 0.1) is 10.0 Å². The van der Waals surface area contributed by atoms with Crippen molar-refractivity contribution >= 4 is 29.3 Å². The summed E-state index contributed by atoms with van der Waals surface area (Å²) in [4.78, 5) is 10.6. The van der Waals surface area contributed by atoms with E-state index in [2.05, 4.69) is 0 Å². The van der Waals surface area contributed by atoms with Crippen LogP contribution >= 0.6 is 23.2 Å². The van der Waals surface area contributed by atoms with Crippen LogP contribution < -0.4 is 5.73 Å². The quantitative estimate of drug-likeness (QED) is 0.871. The number of carbonyl (C=O) groups is 1. The summed E-state index contributed by atoms with van der Waals surface area (Å²) < 4.78 is 4.85. The van der Waals surface area contributed by atoms with Crippen molar-refractivity contribution in [2.45, 2.75) is 20.0 Å². The Balaban J connectivity index is 3.05. The molecule has 0 saturated carbocycles. The first-order valence-corrected chi connectivity index (χ1v) is 5.09. The smallest absolute Gasteiger partial charge is 0.405 e. The van der Waals surface area contributed by atoms with Crippen LogP contribution in [0.1, 0.15) is 24.2 Å². The summed E-state index contributed by atoms with van der Waals surface area (Å²) in [6.45, 7) is 3.53. The fraction of sp³-hybridized carbons (Fsp3) is 0.300. The summed E-state index contributed by atoms with van der Waals surface area (Å²) in [5, 5.41) is 0.943. The molecule has 0 aliphatic heterocycles. The van der Waals surface area contributed by atoms with Crippen LogP contribution in [0.25, 0.3) is 0 Å². The Labute approximate surface area is 98.1 Å². The van der Waals surface area contributed by atoms with E-state index >= 15 is 0 Å². The SMILES string of the molecule is Cc1c(C(C)OC(N)=O)ccc(Cl)c1Cl. The number of hydrogen-bond donors (Lipinski definition) is 1. The molecule has 0 fully saturated rings. The predicted octanol–water partition coefficient (Wildman–Crippen LogP) is 3.46. The van der Waals surface area contributed by atoms with Gasteiger partial charge in [-0.2, -0.15) is 0 Å². The maximum atomic E-state index is 10.6. The number of carbonyl (C=O) groups excluding carboxylic acids is 1. The monoisotopic (exact) mass is 247 g/mol. The van der Waals surface area contributed by atoms with Crippen molar-refractivity contribution in [3.8, 4) is 0 Å². The van der Waals surface area contributed by atoms with Gasteiger partial charge in [0.15, 0.2) is 0 Å². The van der Waals surface area contributed by atoms with Gasteiger partial charge in [-0.3, -0.25) is 0 Å². The molecule has 1 atom stereocenters. The third-order valence-corrected chi connectivity index (χ3v) is 3.01. The lowest BCUT2D eigenvalue weighted by molar-refractivity contribution is 0.116. The molecule has 15 heavy (non-hydrogen) atoms. The molecule has 0 saturated heterocycles. The predicted molar refractivity (Wildman–Crippen MR) is 60.3 cm³/mol. The number of primary amides is 1. The van der Waals surface area contributed by atoms with Gasteiger partial charge in [0.2, 0.25) is 0 Å². The summed E-state index contributed by atoms with van der Waals surface area (Å²) in [5.41, 5.74) is 6.51. The van der Waals surface area contributed by atoms with Crippen molar-refractivity contribution in [1.29, 1.82) is 0 Å². The average molecular weight is 248 g/mol. The van der Waals surface area contributed by atoms with Crippen LogP contribution in [0.2, 0.25) is 10.0 Å². The van der Waals surface area contributed by atoms with Crippen molar-refractivity contribution < 1.29 is 9.53 Å². The van der Waals surface area contributed by atoms with Gasteiger partial charge in [-0.25, -0.2) is 4.79 Å². The molecule has 0 bridgehead atoms. The fourth-order valence-electron chi connectivity index (χ4n) is 1.35. The number of hydrogen-bond acceptors (Lipinski definition) is 2. The van der Waals surface area contributed by atoms with E-state index in [1.54, 1.807) is 19.1 Å². The van der Waals surface area contributed by atoms with Gasteiger partial charge in [0, 0.05) is 0 Å². The molecule has 0 spiro atoms. The third-order valence-electron chi connectivity index (χ3n) is 2.11. The highest BCUT2D eigenvalue weighted by molar-refractivity contribution is 6.42. The summed E-state index contributed by atoms with van der Waals surface area (Å²) >= 11 is 11.8. The Morgan fingerprint density at radius 2 is 2.07 bits per heavy atom. The van der Waals surface area contributed by atoms with Crippen LogP contribution in [0.5, 0.6) is 0 Å². The molecule has 3 nitrogen and oxygen atoms in total. The lowest BCUT2D eigenvalue weighted by atomic mass is 10.0. The highest BCUT2D eigenvalue weighted by Crippen LogP contribution is 2.31. The second-order valence-electron chi connectivity index (χ2n) is 3.15. The maximum absolute atomic E-state index is 10.6. The van der Waals surface area contributed by atoms with Crippen LogP contribution in [0.15, 0.2) is 12.1 Å². The van der Waals surface area contributed by atoms with Crippen LogP contribution in [0, 0.1) is 6.92 Å². The zero-order valence-corrected chi connectivity index (χ0v) is 9.89. The number of halogens is 2. The molecule has 1 aromatic carbocycles. The van der Waals surface area contributed by atoms with Crippen molar-refractivity contribution in [3.05, 3.63) is 33.3 Å². The topological polar surface area (TPSA) is 52.3 Å². The highest BCUT2D eigenvalue weighted by atomic mass is 35.5. The molecular formula is C10H11Cl2NO2. The zero-order chi connectivity index (χ0) is 11.6. The van der Waals surface area contributed by atoms with Crippen molar-refractivity contribution in [2.75, 3.05) is 0 Å². The van der Waals surface area contributed by atoms with E-state index in [4.69, 9.17) is 33.7 Å². The number of nitrogens with two attached hydrogens (primary N) is 1. The lowest BCUT2D eigenvalue weighted by Crippen LogP contribution is -2.16. The zero-order valence-electron chi connectivity index (χ0n) is 8.38. The van der Waals surface area contributed by atoms with Gasteiger partial charge in [-0.1, -0.05) is 29.3 Å². The number of rotatable bonds is 2. The van der Waals surface area contributed by atoms with Gasteiger partial charge in [-0.05, 0) is 31.0 Å². The second-order valence-corrected chi connectivity index (χ2v) is 3.94. The van der Waals surface area contributed by atoms with Crippen molar-refractivity contribution in [1.82, 2.24) is 0 Å². The minimum absolute atomic E-state index is 0.433. The molecule has 0 heterocycles. The first-order valence-electron chi connectivity index (χ1n) is 4.34. The summed E-state index contributed by atoms with van der Waals surface area (Å²) in [7, 11) is 0. The Morgan fingerprint density at radius 1 is 1.47 bits per heavy atom. The first kappa shape index (κ1) is 12.1. The Morgan fingerprint density at radius 3 is 2.60 bits per heavy atom. The van der Waals surface area contributed by atoms with Crippen molar-refractivity contribution in [2.24, 2.45) is 5.73 Å². The maximum Gasteiger partial charge on any atom is 0.405 e. The number of benzene rings is 1. The Bertz CT molecular complexity index is 393. The molecule has 0 aliphatic carbocycles. The Hall–Kier alpha value is -0.930. The summed E-state index contributed by atoms with van der Waals surface area (Å²) in [5.74, 6) is 0. The Kier molecular flexibility index (Phi) is 3.83. The van der Waals surface area contributed by atoms with Gasteiger partial charge in [0.25, 0.3) is 0 Å². The van der Waals surface area contributed by atoms with E-state index in [-0.39, 0.29) is 0 Å². The van der Waals surface area contributed by atoms with Crippen LogP contribution in [0.3, 0.4) is 0 Å². The molecule has 1 amide bonds. The molecular weight excluding hydrogens is 237 g/mol.